The van der Waals surface area contributed by atoms with Crippen LogP contribution in [0.15, 0.2) is 30.7 Å². The number of likely N-dealkylation sites (N-methyl/N-ethyl adjacent to an activating group) is 1. The Hall–Kier alpha value is -2.58. The highest BCUT2D eigenvalue weighted by atomic mass is 16.5. The van der Waals surface area contributed by atoms with Crippen LogP contribution in [0, 0.1) is 0 Å². The Labute approximate surface area is 177 Å². The highest BCUT2D eigenvalue weighted by Gasteiger charge is 2.43. The molecule has 0 spiro atoms. The Bertz CT molecular complexity index is 866. The lowest BCUT2D eigenvalue weighted by Gasteiger charge is -2.37. The largest absolute Gasteiger partial charge is 0.477 e. The first kappa shape index (κ1) is 20.7. The van der Waals surface area contributed by atoms with E-state index in [4.69, 9.17) is 4.74 Å². The van der Waals surface area contributed by atoms with Gasteiger partial charge in [-0.2, -0.15) is 0 Å². The van der Waals surface area contributed by atoms with Crippen LogP contribution >= 0.6 is 0 Å². The Morgan fingerprint density at radius 3 is 2.73 bits per heavy atom. The van der Waals surface area contributed by atoms with Gasteiger partial charge in [0.25, 0.3) is 0 Å². The van der Waals surface area contributed by atoms with Crippen LogP contribution in [0.25, 0.3) is 11.4 Å². The molecule has 30 heavy (non-hydrogen) atoms. The topological polar surface area (TPSA) is 92.3 Å². The average Bonchev–Trinajstić information content (AvgIpc) is 3.19. The number of carbonyl (C=O) groups excluding carboxylic acids is 1. The van der Waals surface area contributed by atoms with Crippen molar-refractivity contribution in [2.45, 2.75) is 37.6 Å². The van der Waals surface area contributed by atoms with Gasteiger partial charge in [-0.25, -0.2) is 15.0 Å². The minimum atomic E-state index is -0.595. The minimum absolute atomic E-state index is 0.0945. The van der Waals surface area contributed by atoms with Crippen LogP contribution < -0.4 is 15.4 Å². The molecule has 0 radical (unpaired) electrons. The second-order valence-corrected chi connectivity index (χ2v) is 8.14. The van der Waals surface area contributed by atoms with Gasteiger partial charge in [0.15, 0.2) is 5.82 Å². The van der Waals surface area contributed by atoms with Gasteiger partial charge in [-0.05, 0) is 65.0 Å². The zero-order valence-corrected chi connectivity index (χ0v) is 17.7. The summed E-state index contributed by atoms with van der Waals surface area (Å²) in [5.74, 6) is 1.17. The van der Waals surface area contributed by atoms with Crippen LogP contribution in [0.5, 0.6) is 5.88 Å². The van der Waals surface area contributed by atoms with Crippen molar-refractivity contribution in [2.24, 2.45) is 0 Å². The number of piperidine rings is 1. The van der Waals surface area contributed by atoms with E-state index in [9.17, 15) is 4.79 Å². The van der Waals surface area contributed by atoms with Crippen molar-refractivity contribution in [2.75, 3.05) is 39.8 Å². The van der Waals surface area contributed by atoms with Gasteiger partial charge in [0.05, 0.1) is 17.6 Å². The number of hydrogen-bond donors (Lipinski definition) is 2. The van der Waals surface area contributed by atoms with E-state index in [1.54, 1.807) is 18.6 Å². The SMILES string of the molecule is CCOc1ncccc1-c1ncc(C2(C(=O)N[C@H]3CCN(C)C3)CCNCC2)cn1. The molecule has 0 bridgehead atoms. The fourth-order valence-electron chi connectivity index (χ4n) is 4.40. The average molecular weight is 411 g/mol. The summed E-state index contributed by atoms with van der Waals surface area (Å²) >= 11 is 0. The van der Waals surface area contributed by atoms with E-state index in [-0.39, 0.29) is 11.9 Å². The molecule has 8 heteroatoms. The van der Waals surface area contributed by atoms with E-state index >= 15 is 0 Å². The molecule has 2 N–H and O–H groups in total. The molecular weight excluding hydrogens is 380 g/mol. The van der Waals surface area contributed by atoms with Gasteiger partial charge >= 0.3 is 0 Å². The molecule has 2 aromatic rings. The fourth-order valence-corrected chi connectivity index (χ4v) is 4.40. The van der Waals surface area contributed by atoms with Gasteiger partial charge in [0, 0.05) is 36.7 Å². The first-order valence-corrected chi connectivity index (χ1v) is 10.7. The standard InChI is InChI=1S/C22H30N6O2/c1-3-30-20-18(5-4-9-24-20)19-25-13-16(14-26-19)22(7-10-23-11-8-22)21(29)27-17-6-12-28(2)15-17/h4-5,9,13-14,17,23H,3,6-8,10-12,15H2,1-2H3,(H,27,29)/t17-/m0/s1. The number of pyridine rings is 1. The van der Waals surface area contributed by atoms with Crippen molar-refractivity contribution in [1.82, 2.24) is 30.5 Å². The molecule has 2 aliphatic heterocycles. The van der Waals surface area contributed by atoms with Crippen molar-refractivity contribution in [3.05, 3.63) is 36.3 Å². The molecule has 2 fully saturated rings. The lowest BCUT2D eigenvalue weighted by Crippen LogP contribution is -2.53. The lowest BCUT2D eigenvalue weighted by atomic mass is 9.73. The third-order valence-corrected chi connectivity index (χ3v) is 6.12. The highest BCUT2D eigenvalue weighted by Crippen LogP contribution is 2.34. The summed E-state index contributed by atoms with van der Waals surface area (Å²) in [7, 11) is 2.09. The van der Waals surface area contributed by atoms with Gasteiger partial charge in [-0.1, -0.05) is 0 Å². The van der Waals surface area contributed by atoms with E-state index in [0.717, 1.165) is 56.6 Å². The van der Waals surface area contributed by atoms with Crippen molar-refractivity contribution >= 4 is 5.91 Å². The molecule has 0 aromatic carbocycles. The molecule has 2 aliphatic rings. The molecule has 8 nitrogen and oxygen atoms in total. The van der Waals surface area contributed by atoms with E-state index < -0.39 is 5.41 Å². The third kappa shape index (κ3) is 4.15. The molecule has 1 amide bonds. The number of likely N-dealkylation sites (tertiary alicyclic amines) is 1. The number of hydrogen-bond acceptors (Lipinski definition) is 7. The number of amides is 1. The summed E-state index contributed by atoms with van der Waals surface area (Å²) in [6, 6.07) is 3.95. The highest BCUT2D eigenvalue weighted by molar-refractivity contribution is 5.88. The normalized spacial score (nSPS) is 21.3. The van der Waals surface area contributed by atoms with E-state index in [2.05, 4.69) is 37.5 Å². The van der Waals surface area contributed by atoms with Gasteiger partial charge in [-0.15, -0.1) is 0 Å². The van der Waals surface area contributed by atoms with E-state index in [0.29, 0.717) is 18.3 Å². The zero-order chi connectivity index (χ0) is 21.0. The summed E-state index contributed by atoms with van der Waals surface area (Å²) in [5.41, 5.74) is 1.03. The summed E-state index contributed by atoms with van der Waals surface area (Å²) in [5, 5.41) is 6.67. The molecular formula is C22H30N6O2. The van der Waals surface area contributed by atoms with Crippen LogP contribution in [0.4, 0.5) is 0 Å². The maximum Gasteiger partial charge on any atom is 0.231 e. The second kappa shape index (κ2) is 9.06. The Kier molecular flexibility index (Phi) is 6.24. The van der Waals surface area contributed by atoms with Crippen molar-refractivity contribution in [1.29, 1.82) is 0 Å². The monoisotopic (exact) mass is 410 g/mol. The Morgan fingerprint density at radius 1 is 1.30 bits per heavy atom. The van der Waals surface area contributed by atoms with Crippen molar-refractivity contribution in [3.8, 4) is 17.3 Å². The molecule has 2 saturated heterocycles. The van der Waals surface area contributed by atoms with Crippen molar-refractivity contribution < 1.29 is 9.53 Å². The summed E-state index contributed by atoms with van der Waals surface area (Å²) in [6.45, 7) is 5.97. The van der Waals surface area contributed by atoms with Crippen LogP contribution in [-0.4, -0.2) is 71.6 Å². The van der Waals surface area contributed by atoms with E-state index in [1.165, 1.54) is 0 Å². The quantitative estimate of drug-likeness (QED) is 0.743. The van der Waals surface area contributed by atoms with Gasteiger partial charge in [-0.3, -0.25) is 4.79 Å². The molecule has 0 unspecified atom stereocenters. The predicted molar refractivity (Wildman–Crippen MR) is 114 cm³/mol. The summed E-state index contributed by atoms with van der Waals surface area (Å²) in [6.07, 6.45) is 7.76. The van der Waals surface area contributed by atoms with Gasteiger partial charge in [0.1, 0.15) is 0 Å². The van der Waals surface area contributed by atoms with Crippen LogP contribution in [0.2, 0.25) is 0 Å². The van der Waals surface area contributed by atoms with Gasteiger partial charge in [0.2, 0.25) is 11.8 Å². The van der Waals surface area contributed by atoms with Crippen LogP contribution in [0.3, 0.4) is 0 Å². The Balaban J connectivity index is 1.60. The number of carbonyl (C=O) groups is 1. The molecule has 4 rings (SSSR count). The van der Waals surface area contributed by atoms with Crippen LogP contribution in [-0.2, 0) is 10.2 Å². The maximum atomic E-state index is 13.4. The van der Waals surface area contributed by atoms with E-state index in [1.807, 2.05) is 19.1 Å². The maximum absolute atomic E-state index is 13.4. The first-order valence-electron chi connectivity index (χ1n) is 10.7. The molecule has 2 aromatic heterocycles. The molecule has 160 valence electrons. The third-order valence-electron chi connectivity index (χ3n) is 6.12. The predicted octanol–water partition coefficient (Wildman–Crippen LogP) is 1.38. The molecule has 0 saturated carbocycles. The van der Waals surface area contributed by atoms with Crippen LogP contribution in [0.1, 0.15) is 31.7 Å². The number of aromatic nitrogens is 3. The number of rotatable bonds is 6. The number of nitrogens with one attached hydrogen (secondary N) is 2. The fraction of sp³-hybridized carbons (Fsp3) is 0.545. The molecule has 1 atom stereocenters. The minimum Gasteiger partial charge on any atom is -0.477 e. The summed E-state index contributed by atoms with van der Waals surface area (Å²) < 4.78 is 5.61. The number of nitrogens with zero attached hydrogens (tertiary/aromatic N) is 4. The molecule has 4 heterocycles. The molecule has 0 aliphatic carbocycles. The zero-order valence-electron chi connectivity index (χ0n) is 17.7. The van der Waals surface area contributed by atoms with Gasteiger partial charge < -0.3 is 20.3 Å². The summed E-state index contributed by atoms with van der Waals surface area (Å²) in [4.78, 5) is 29.2. The second-order valence-electron chi connectivity index (χ2n) is 8.14. The number of ether oxygens (including phenoxy) is 1. The first-order chi connectivity index (χ1) is 14.6. The Morgan fingerprint density at radius 2 is 2.07 bits per heavy atom. The smallest absolute Gasteiger partial charge is 0.231 e. The van der Waals surface area contributed by atoms with Crippen molar-refractivity contribution in [3.63, 3.8) is 0 Å². The lowest BCUT2D eigenvalue weighted by molar-refractivity contribution is -0.128.